The molecule has 78 valence electrons. The Morgan fingerprint density at radius 1 is 0.875 bits per heavy atom. The van der Waals surface area contributed by atoms with Crippen LogP contribution in [0.25, 0.3) is 0 Å². The molecule has 0 aliphatic heterocycles. The van der Waals surface area contributed by atoms with Crippen LogP contribution in [-0.2, 0) is 0 Å². The molecule has 0 bridgehead atoms. The average molecular weight is 240 g/mol. The number of hydrogen-bond acceptors (Lipinski definition) is 2. The van der Waals surface area contributed by atoms with Crippen molar-refractivity contribution in [2.75, 3.05) is 0 Å². The minimum absolute atomic E-state index is 0. The summed E-state index contributed by atoms with van der Waals surface area (Å²) in [4.78, 5) is 11.6. The number of carbonyl (C=O) groups is 1. The molecule has 0 unspecified atom stereocenters. The van der Waals surface area contributed by atoms with Gasteiger partial charge >= 0.3 is 43.7 Å². The number of ether oxygens (including phenoxy) is 1. The molecule has 0 aliphatic carbocycles. The van der Waals surface area contributed by atoms with E-state index < -0.39 is 0 Å². The third kappa shape index (κ3) is 3.63. The van der Waals surface area contributed by atoms with E-state index in [1.165, 1.54) is 0 Å². The van der Waals surface area contributed by atoms with Gasteiger partial charge in [0.05, 0.1) is 5.56 Å². The van der Waals surface area contributed by atoms with Gasteiger partial charge in [-0.15, -0.1) is 0 Å². The average Bonchev–Trinajstić information content (AvgIpc) is 2.31. The van der Waals surface area contributed by atoms with E-state index in [-0.39, 0.29) is 46.6 Å². The zero-order valence-corrected chi connectivity index (χ0v) is 11.0. The van der Waals surface area contributed by atoms with Gasteiger partial charge in [0.15, 0.2) is 0 Å². The van der Waals surface area contributed by atoms with Crippen molar-refractivity contribution in [3.05, 3.63) is 66.2 Å². The Morgan fingerprint density at radius 3 is 1.94 bits per heavy atom. The number of hydrogen-bond donors (Lipinski definition) is 0. The van der Waals surface area contributed by atoms with Crippen LogP contribution in [0.4, 0.5) is 0 Å². The van der Waals surface area contributed by atoms with Gasteiger partial charge in [-0.25, -0.2) is 4.79 Å². The summed E-state index contributed by atoms with van der Waals surface area (Å²) in [5.74, 6) is 0.230. The maximum atomic E-state index is 11.6. The van der Waals surface area contributed by atoms with E-state index >= 15 is 0 Å². The molecule has 2 aromatic carbocycles. The zero-order chi connectivity index (χ0) is 10.5. The van der Waals surface area contributed by atoms with Gasteiger partial charge in [-0.1, -0.05) is 36.4 Å². The molecule has 0 aliphatic rings. The summed E-state index contributed by atoms with van der Waals surface area (Å²) < 4.78 is 5.16. The fourth-order valence-electron chi connectivity index (χ4n) is 1.23. The van der Waals surface area contributed by atoms with E-state index in [4.69, 9.17) is 4.74 Å². The molecular formula is C13H12CaO2. The molecule has 0 saturated carbocycles. The van der Waals surface area contributed by atoms with Crippen molar-refractivity contribution in [1.82, 2.24) is 0 Å². The van der Waals surface area contributed by atoms with Crippen molar-refractivity contribution in [1.29, 1.82) is 0 Å². The molecular weight excluding hydrogens is 228 g/mol. The van der Waals surface area contributed by atoms with Crippen LogP contribution in [0.1, 0.15) is 13.2 Å². The molecule has 16 heavy (non-hydrogen) atoms. The van der Waals surface area contributed by atoms with Gasteiger partial charge in [-0.2, -0.15) is 0 Å². The summed E-state index contributed by atoms with van der Waals surface area (Å²) in [6, 6.07) is 18.0. The van der Waals surface area contributed by atoms with Crippen molar-refractivity contribution >= 4 is 43.7 Å². The van der Waals surface area contributed by atoms with E-state index in [0.29, 0.717) is 11.3 Å². The fraction of sp³-hybridized carbons (Fsp3) is 0. The molecule has 0 saturated heterocycles. The molecule has 0 fully saturated rings. The summed E-state index contributed by atoms with van der Waals surface area (Å²) in [5, 5.41) is 0. The van der Waals surface area contributed by atoms with E-state index in [2.05, 4.69) is 0 Å². The van der Waals surface area contributed by atoms with Crippen LogP contribution >= 0.6 is 0 Å². The molecule has 0 atom stereocenters. The Kier molecular flexibility index (Phi) is 5.53. The first-order valence-electron chi connectivity index (χ1n) is 4.68. The molecule has 2 aromatic rings. The van der Waals surface area contributed by atoms with Crippen LogP contribution in [0.5, 0.6) is 5.75 Å². The minimum atomic E-state index is -0.332. The standard InChI is InChI=1S/C13H10O2.Ca.2H/c14-13(11-7-3-1-4-8-11)15-12-9-5-2-6-10-12;;;/h1-10H;;;/q;+2;2*-1. The first-order chi connectivity index (χ1) is 7.36. The van der Waals surface area contributed by atoms with Gasteiger partial charge in [0.25, 0.3) is 0 Å². The number of rotatable bonds is 2. The first-order valence-corrected chi connectivity index (χ1v) is 4.68. The maximum absolute atomic E-state index is 11.6. The molecule has 3 heteroatoms. The predicted octanol–water partition coefficient (Wildman–Crippen LogP) is 2.75. The van der Waals surface area contributed by atoms with Crippen LogP contribution < -0.4 is 4.74 Å². The zero-order valence-electron chi connectivity index (χ0n) is 10.8. The van der Waals surface area contributed by atoms with Crippen LogP contribution in [0, 0.1) is 0 Å². The van der Waals surface area contributed by atoms with Crippen molar-refractivity contribution < 1.29 is 12.4 Å². The van der Waals surface area contributed by atoms with Gasteiger partial charge in [-0.3, -0.25) is 0 Å². The molecule has 2 nitrogen and oxygen atoms in total. The number of esters is 1. The van der Waals surface area contributed by atoms with Crippen molar-refractivity contribution in [2.45, 2.75) is 0 Å². The normalized spacial score (nSPS) is 9.00. The third-order valence-electron chi connectivity index (χ3n) is 1.96. The van der Waals surface area contributed by atoms with E-state index in [1.54, 1.807) is 24.3 Å². The van der Waals surface area contributed by atoms with Gasteiger partial charge in [0.1, 0.15) is 5.75 Å². The molecule has 0 radical (unpaired) electrons. The predicted molar refractivity (Wildman–Crippen MR) is 65.8 cm³/mol. The quantitative estimate of drug-likeness (QED) is 0.458. The molecule has 0 N–H and O–H groups in total. The minimum Gasteiger partial charge on any atom is -1.00 e. The molecule has 0 aromatic heterocycles. The summed E-state index contributed by atoms with van der Waals surface area (Å²) in [6.45, 7) is 0. The fourth-order valence-corrected chi connectivity index (χ4v) is 1.23. The Morgan fingerprint density at radius 2 is 1.38 bits per heavy atom. The Balaban J connectivity index is 0. The molecule has 2 rings (SSSR count). The van der Waals surface area contributed by atoms with Crippen molar-refractivity contribution in [3.63, 3.8) is 0 Å². The third-order valence-corrected chi connectivity index (χ3v) is 1.96. The Labute approximate surface area is 127 Å². The Bertz CT molecular complexity index is 449. The van der Waals surface area contributed by atoms with Gasteiger partial charge < -0.3 is 7.59 Å². The van der Waals surface area contributed by atoms with E-state index in [9.17, 15) is 4.79 Å². The topological polar surface area (TPSA) is 26.3 Å². The summed E-state index contributed by atoms with van der Waals surface area (Å²) in [7, 11) is 0. The number of benzene rings is 2. The largest absolute Gasteiger partial charge is 2.00 e. The number of para-hydroxylation sites is 1. The monoisotopic (exact) mass is 240 g/mol. The van der Waals surface area contributed by atoms with Crippen LogP contribution in [-0.4, -0.2) is 43.7 Å². The second-order valence-electron chi connectivity index (χ2n) is 3.07. The SMILES string of the molecule is O=C(Oc1ccccc1)c1ccccc1.[Ca+2].[H-].[H-]. The second kappa shape index (κ2) is 6.69. The molecule has 0 heterocycles. The van der Waals surface area contributed by atoms with Crippen LogP contribution in [0.15, 0.2) is 60.7 Å². The molecule has 0 amide bonds. The van der Waals surface area contributed by atoms with E-state index in [0.717, 1.165) is 0 Å². The van der Waals surface area contributed by atoms with Crippen LogP contribution in [0.3, 0.4) is 0 Å². The first kappa shape index (κ1) is 13.2. The molecule has 0 spiro atoms. The smallest absolute Gasteiger partial charge is 1.00 e. The Hall–Kier alpha value is -0.830. The summed E-state index contributed by atoms with van der Waals surface area (Å²) in [6.07, 6.45) is 0. The maximum Gasteiger partial charge on any atom is 2.00 e. The van der Waals surface area contributed by atoms with Crippen molar-refractivity contribution in [3.8, 4) is 5.75 Å². The van der Waals surface area contributed by atoms with Gasteiger partial charge in [-0.05, 0) is 24.3 Å². The second-order valence-corrected chi connectivity index (χ2v) is 3.07. The van der Waals surface area contributed by atoms with Gasteiger partial charge in [0.2, 0.25) is 0 Å². The van der Waals surface area contributed by atoms with Crippen molar-refractivity contribution in [2.24, 2.45) is 0 Å². The van der Waals surface area contributed by atoms with E-state index in [1.807, 2.05) is 36.4 Å². The summed E-state index contributed by atoms with van der Waals surface area (Å²) >= 11 is 0. The summed E-state index contributed by atoms with van der Waals surface area (Å²) in [5.41, 5.74) is 0.557. The van der Waals surface area contributed by atoms with Gasteiger partial charge in [0, 0.05) is 0 Å². The van der Waals surface area contributed by atoms with Crippen LogP contribution in [0.2, 0.25) is 0 Å². The number of carbonyl (C=O) groups excluding carboxylic acids is 1.